The minimum absolute atomic E-state index is 0.153. The lowest BCUT2D eigenvalue weighted by Crippen LogP contribution is -2.40. The van der Waals surface area contributed by atoms with Crippen LogP contribution in [0.5, 0.6) is 11.5 Å². The third-order valence-electron chi connectivity index (χ3n) is 4.32. The predicted molar refractivity (Wildman–Crippen MR) is 103 cm³/mol. The van der Waals surface area contributed by atoms with Crippen LogP contribution in [0.4, 0.5) is 0 Å². The molecule has 6 heteroatoms. The molecule has 1 aliphatic heterocycles. The average Bonchev–Trinajstić information content (AvgIpc) is 3.20. The zero-order valence-electron chi connectivity index (χ0n) is 16.3. The Kier molecular flexibility index (Phi) is 7.34. The van der Waals surface area contributed by atoms with Gasteiger partial charge in [-0.25, -0.2) is 0 Å². The number of likely N-dealkylation sites (N-methyl/N-ethyl adjacent to an activating group) is 1. The highest BCUT2D eigenvalue weighted by Crippen LogP contribution is 2.33. The molecule has 6 nitrogen and oxygen atoms in total. The SMILES string of the molecule is CC(C(=O)c1ccc2c(c1)OCO2)N(C)C(=O)c1ccccn1.CCCC. The number of pyridine rings is 1. The molecule has 144 valence electrons. The van der Waals surface area contributed by atoms with Crippen LogP contribution in [-0.2, 0) is 0 Å². The number of aromatic nitrogens is 1. The Balaban J connectivity index is 0.000000596. The van der Waals surface area contributed by atoms with E-state index in [0.717, 1.165) is 0 Å². The Morgan fingerprint density at radius 1 is 1.11 bits per heavy atom. The van der Waals surface area contributed by atoms with Gasteiger partial charge in [-0.1, -0.05) is 32.8 Å². The highest BCUT2D eigenvalue weighted by molar-refractivity contribution is 6.03. The molecule has 1 aromatic carbocycles. The molecule has 1 atom stereocenters. The maximum atomic E-state index is 12.6. The number of carbonyl (C=O) groups is 2. The lowest BCUT2D eigenvalue weighted by molar-refractivity contribution is 0.0670. The molecular weight excluding hydrogens is 344 g/mol. The van der Waals surface area contributed by atoms with E-state index < -0.39 is 6.04 Å². The number of hydrogen-bond acceptors (Lipinski definition) is 5. The van der Waals surface area contributed by atoms with Gasteiger partial charge in [0.25, 0.3) is 5.91 Å². The summed E-state index contributed by atoms with van der Waals surface area (Å²) in [4.78, 5) is 30.4. The van der Waals surface area contributed by atoms with Crippen molar-refractivity contribution in [3.05, 3.63) is 53.9 Å². The van der Waals surface area contributed by atoms with Gasteiger partial charge in [0, 0.05) is 18.8 Å². The van der Waals surface area contributed by atoms with E-state index in [1.165, 1.54) is 17.7 Å². The molecule has 0 saturated heterocycles. The standard InChI is InChI=1S/C17H16N2O4.C4H10/c1-11(19(2)17(21)13-5-3-4-8-18-13)16(20)12-6-7-14-15(9-12)23-10-22-14;1-3-4-2/h3-9,11H,10H2,1-2H3;3-4H2,1-2H3. The van der Waals surface area contributed by atoms with E-state index in [0.29, 0.717) is 22.8 Å². The molecule has 0 fully saturated rings. The number of ether oxygens (including phenoxy) is 2. The third-order valence-corrected chi connectivity index (χ3v) is 4.32. The van der Waals surface area contributed by atoms with Crippen LogP contribution in [0, 0.1) is 0 Å². The maximum Gasteiger partial charge on any atom is 0.272 e. The van der Waals surface area contributed by atoms with Gasteiger partial charge in [0.05, 0.1) is 6.04 Å². The summed E-state index contributed by atoms with van der Waals surface area (Å²) in [5.41, 5.74) is 0.780. The highest BCUT2D eigenvalue weighted by atomic mass is 16.7. The summed E-state index contributed by atoms with van der Waals surface area (Å²) < 4.78 is 10.5. The molecule has 1 aliphatic rings. The Morgan fingerprint density at radius 3 is 2.44 bits per heavy atom. The zero-order valence-corrected chi connectivity index (χ0v) is 16.3. The van der Waals surface area contributed by atoms with Crippen LogP contribution in [0.2, 0.25) is 0 Å². The van der Waals surface area contributed by atoms with E-state index in [9.17, 15) is 9.59 Å². The first kappa shape index (κ1) is 20.4. The second-order valence-electron chi connectivity index (χ2n) is 6.24. The molecule has 0 bridgehead atoms. The van der Waals surface area contributed by atoms with Crippen molar-refractivity contribution in [3.8, 4) is 11.5 Å². The van der Waals surface area contributed by atoms with Crippen molar-refractivity contribution < 1.29 is 19.1 Å². The largest absolute Gasteiger partial charge is 0.454 e. The predicted octanol–water partition coefficient (Wildman–Crippen LogP) is 3.96. The fourth-order valence-corrected chi connectivity index (χ4v) is 2.31. The van der Waals surface area contributed by atoms with Crippen LogP contribution in [0.15, 0.2) is 42.6 Å². The number of rotatable bonds is 5. The average molecular weight is 370 g/mol. The van der Waals surface area contributed by atoms with Crippen LogP contribution in [0.1, 0.15) is 54.5 Å². The van der Waals surface area contributed by atoms with Crippen LogP contribution in [0.3, 0.4) is 0 Å². The maximum absolute atomic E-state index is 12.6. The fraction of sp³-hybridized carbons (Fsp3) is 0.381. The first-order valence-electron chi connectivity index (χ1n) is 9.11. The van der Waals surface area contributed by atoms with Gasteiger partial charge in [-0.15, -0.1) is 0 Å². The number of carbonyl (C=O) groups excluding carboxylic acids is 2. The molecule has 0 N–H and O–H groups in total. The number of ketones is 1. The molecule has 0 radical (unpaired) electrons. The summed E-state index contributed by atoms with van der Waals surface area (Å²) >= 11 is 0. The Morgan fingerprint density at radius 2 is 1.81 bits per heavy atom. The van der Waals surface area contributed by atoms with Crippen LogP contribution in [-0.4, -0.2) is 41.5 Å². The van der Waals surface area contributed by atoms with Gasteiger partial charge in [-0.3, -0.25) is 14.6 Å². The van der Waals surface area contributed by atoms with Crippen molar-refractivity contribution in [3.63, 3.8) is 0 Å². The Labute approximate surface area is 160 Å². The number of fused-ring (bicyclic) bond motifs is 1. The smallest absolute Gasteiger partial charge is 0.272 e. The molecule has 0 saturated carbocycles. The normalized spacial score (nSPS) is 12.6. The monoisotopic (exact) mass is 370 g/mol. The van der Waals surface area contributed by atoms with Gasteiger partial charge in [0.15, 0.2) is 17.3 Å². The molecule has 1 aromatic heterocycles. The summed E-state index contributed by atoms with van der Waals surface area (Å²) in [6.07, 6.45) is 4.19. The first-order chi connectivity index (χ1) is 13.0. The lowest BCUT2D eigenvalue weighted by atomic mass is 10.0. The number of benzene rings is 1. The van der Waals surface area contributed by atoms with Crippen molar-refractivity contribution in [2.45, 2.75) is 39.7 Å². The van der Waals surface area contributed by atoms with Gasteiger partial charge in [0.2, 0.25) is 6.79 Å². The van der Waals surface area contributed by atoms with Crippen molar-refractivity contribution in [2.75, 3.05) is 13.8 Å². The minimum Gasteiger partial charge on any atom is -0.454 e. The molecule has 0 aliphatic carbocycles. The van der Waals surface area contributed by atoms with Crippen LogP contribution in [0.25, 0.3) is 0 Å². The summed E-state index contributed by atoms with van der Waals surface area (Å²) in [6.45, 7) is 6.20. The zero-order chi connectivity index (χ0) is 19.8. The minimum atomic E-state index is -0.620. The van der Waals surface area contributed by atoms with Crippen molar-refractivity contribution >= 4 is 11.7 Å². The molecule has 2 heterocycles. The highest BCUT2D eigenvalue weighted by Gasteiger charge is 2.26. The van der Waals surface area contributed by atoms with Gasteiger partial charge in [-0.2, -0.15) is 0 Å². The Hall–Kier alpha value is -2.89. The lowest BCUT2D eigenvalue weighted by Gasteiger charge is -2.23. The molecule has 27 heavy (non-hydrogen) atoms. The van der Waals surface area contributed by atoms with Gasteiger partial charge in [0.1, 0.15) is 5.69 Å². The molecule has 1 amide bonds. The molecule has 3 rings (SSSR count). The van der Waals surface area contributed by atoms with Gasteiger partial charge in [-0.05, 0) is 37.3 Å². The summed E-state index contributed by atoms with van der Waals surface area (Å²) in [5.74, 6) is 0.691. The van der Waals surface area contributed by atoms with E-state index in [4.69, 9.17) is 9.47 Å². The Bertz CT molecular complexity index is 775. The number of nitrogens with zero attached hydrogens (tertiary/aromatic N) is 2. The molecule has 2 aromatic rings. The van der Waals surface area contributed by atoms with Gasteiger partial charge < -0.3 is 14.4 Å². The first-order valence-corrected chi connectivity index (χ1v) is 9.11. The number of hydrogen-bond donors (Lipinski definition) is 0. The van der Waals surface area contributed by atoms with Crippen LogP contribution >= 0.6 is 0 Å². The van der Waals surface area contributed by atoms with E-state index in [1.54, 1.807) is 56.6 Å². The summed E-state index contributed by atoms with van der Waals surface area (Å²) in [7, 11) is 1.59. The summed E-state index contributed by atoms with van der Waals surface area (Å²) in [5, 5.41) is 0. The van der Waals surface area contributed by atoms with E-state index in [-0.39, 0.29) is 18.5 Å². The third kappa shape index (κ3) is 5.06. The second kappa shape index (κ2) is 9.71. The van der Waals surface area contributed by atoms with Gasteiger partial charge >= 0.3 is 0 Å². The van der Waals surface area contributed by atoms with Crippen molar-refractivity contribution in [1.29, 1.82) is 0 Å². The second-order valence-corrected chi connectivity index (χ2v) is 6.24. The fourth-order valence-electron chi connectivity index (χ4n) is 2.31. The number of Topliss-reactive ketones (excluding diaryl/α,β-unsaturated/α-hetero) is 1. The van der Waals surface area contributed by atoms with E-state index in [1.807, 2.05) is 0 Å². The summed E-state index contributed by atoms with van der Waals surface area (Å²) in [6, 6.07) is 9.48. The number of amides is 1. The molecule has 0 spiro atoms. The quantitative estimate of drug-likeness (QED) is 0.745. The van der Waals surface area contributed by atoms with Crippen LogP contribution < -0.4 is 9.47 Å². The van der Waals surface area contributed by atoms with Crippen molar-refractivity contribution in [2.24, 2.45) is 0 Å². The molecular formula is C21H26N2O4. The van der Waals surface area contributed by atoms with E-state index in [2.05, 4.69) is 18.8 Å². The molecule has 1 unspecified atom stereocenters. The van der Waals surface area contributed by atoms with E-state index >= 15 is 0 Å². The topological polar surface area (TPSA) is 68.7 Å². The van der Waals surface area contributed by atoms with Crippen molar-refractivity contribution in [1.82, 2.24) is 9.88 Å². The number of unbranched alkanes of at least 4 members (excludes halogenated alkanes) is 1.